The van der Waals surface area contributed by atoms with Crippen LogP contribution >= 0.6 is 11.3 Å². The zero-order chi connectivity index (χ0) is 20.0. The first-order valence-corrected chi connectivity index (χ1v) is 10.9. The molecule has 1 N–H and O–H groups in total. The topological polar surface area (TPSA) is 65.1 Å². The first-order chi connectivity index (χ1) is 14.0. The number of likely N-dealkylation sites (tertiary alicyclic amines) is 2. The minimum Gasteiger partial charge on any atom is -0.336 e. The highest BCUT2D eigenvalue weighted by Gasteiger charge is 2.56. The van der Waals surface area contributed by atoms with E-state index < -0.39 is 0 Å². The van der Waals surface area contributed by atoms with E-state index >= 15 is 0 Å². The molecule has 0 radical (unpaired) electrons. The monoisotopic (exact) mass is 407 g/mol. The van der Waals surface area contributed by atoms with Gasteiger partial charge in [0, 0.05) is 38.6 Å². The fourth-order valence-electron chi connectivity index (χ4n) is 4.90. The number of benzene rings is 1. The number of carbonyl (C=O) groups excluding carboxylic acids is 1. The first-order valence-electron chi connectivity index (χ1n) is 10.0. The smallest absolute Gasteiger partial charge is 0.264 e. The summed E-state index contributed by atoms with van der Waals surface area (Å²) in [5.74, 6) is 2.17. The van der Waals surface area contributed by atoms with Crippen molar-refractivity contribution in [1.82, 2.24) is 25.0 Å². The quantitative estimate of drug-likeness (QED) is 0.722. The summed E-state index contributed by atoms with van der Waals surface area (Å²) in [6, 6.07) is 12.6. The maximum absolute atomic E-state index is 13.2. The first kappa shape index (κ1) is 18.5. The molecule has 0 aliphatic carbocycles. The Bertz CT molecular complexity index is 1030. The van der Waals surface area contributed by atoms with Crippen molar-refractivity contribution in [3.8, 4) is 0 Å². The largest absolute Gasteiger partial charge is 0.336 e. The van der Waals surface area contributed by atoms with Crippen LogP contribution < -0.4 is 0 Å². The molecule has 3 aromatic rings. The Morgan fingerprint density at radius 1 is 1.21 bits per heavy atom. The Balaban J connectivity index is 1.42. The number of aromatic amines is 1. The minimum atomic E-state index is -0.208. The minimum absolute atomic E-state index is 0.146. The molecule has 0 saturated carbocycles. The number of rotatable bonds is 4. The summed E-state index contributed by atoms with van der Waals surface area (Å²) in [4.78, 5) is 23.3. The van der Waals surface area contributed by atoms with Crippen LogP contribution in [-0.2, 0) is 12.0 Å². The predicted octanol–water partition coefficient (Wildman–Crippen LogP) is 3.01. The van der Waals surface area contributed by atoms with Gasteiger partial charge >= 0.3 is 0 Å². The van der Waals surface area contributed by atoms with Crippen molar-refractivity contribution in [2.45, 2.75) is 25.8 Å². The predicted molar refractivity (Wildman–Crippen MR) is 113 cm³/mol. The summed E-state index contributed by atoms with van der Waals surface area (Å²) in [6.07, 6.45) is 0. The van der Waals surface area contributed by atoms with Gasteiger partial charge in [-0.1, -0.05) is 30.3 Å². The van der Waals surface area contributed by atoms with E-state index in [1.54, 1.807) is 0 Å². The van der Waals surface area contributed by atoms with Gasteiger partial charge in [-0.25, -0.2) is 4.98 Å². The van der Waals surface area contributed by atoms with Crippen molar-refractivity contribution >= 4 is 17.2 Å². The van der Waals surface area contributed by atoms with Crippen LogP contribution in [0.25, 0.3) is 0 Å². The number of aromatic nitrogens is 3. The third kappa shape index (κ3) is 3.18. The number of nitrogens with zero attached hydrogens (tertiary/aromatic N) is 4. The van der Waals surface area contributed by atoms with Gasteiger partial charge in [0.2, 0.25) is 0 Å². The fourth-order valence-corrected chi connectivity index (χ4v) is 5.80. The van der Waals surface area contributed by atoms with E-state index in [2.05, 4.69) is 45.4 Å². The molecular formula is C22H25N5OS. The van der Waals surface area contributed by atoms with Gasteiger partial charge in [0.15, 0.2) is 5.82 Å². The Kier molecular flexibility index (Phi) is 4.52. The van der Waals surface area contributed by atoms with Gasteiger partial charge in [-0.05, 0) is 36.4 Å². The number of nitrogens with one attached hydrogen (secondary N) is 1. The fraction of sp³-hybridized carbons (Fsp3) is 0.409. The lowest BCUT2D eigenvalue weighted by Gasteiger charge is -2.27. The van der Waals surface area contributed by atoms with Crippen molar-refractivity contribution < 1.29 is 4.79 Å². The van der Waals surface area contributed by atoms with Crippen molar-refractivity contribution in [1.29, 1.82) is 0 Å². The van der Waals surface area contributed by atoms with E-state index in [0.29, 0.717) is 12.5 Å². The number of hydrogen-bond acceptors (Lipinski definition) is 5. The van der Waals surface area contributed by atoms with E-state index in [9.17, 15) is 4.79 Å². The molecule has 1 aromatic carbocycles. The van der Waals surface area contributed by atoms with Crippen LogP contribution in [0.5, 0.6) is 0 Å². The van der Waals surface area contributed by atoms with E-state index in [-0.39, 0.29) is 11.3 Å². The van der Waals surface area contributed by atoms with Crippen LogP contribution in [0.15, 0.2) is 41.8 Å². The van der Waals surface area contributed by atoms with Crippen LogP contribution in [-0.4, -0.2) is 57.1 Å². The Morgan fingerprint density at radius 2 is 2.03 bits per heavy atom. The van der Waals surface area contributed by atoms with Crippen molar-refractivity contribution in [2.24, 2.45) is 5.92 Å². The molecule has 5 rings (SSSR count). The molecule has 7 heteroatoms. The molecule has 0 spiro atoms. The summed E-state index contributed by atoms with van der Waals surface area (Å²) in [5, 5.41) is 9.56. The van der Waals surface area contributed by atoms with Gasteiger partial charge in [0.25, 0.3) is 5.91 Å². The van der Waals surface area contributed by atoms with Crippen LogP contribution in [0.1, 0.15) is 32.4 Å². The van der Waals surface area contributed by atoms with Crippen LogP contribution in [0.4, 0.5) is 0 Å². The second-order valence-electron chi connectivity index (χ2n) is 8.37. The molecule has 2 saturated heterocycles. The zero-order valence-electron chi connectivity index (χ0n) is 16.8. The SMILES string of the molecule is Cc1nc([C@]23CN(Cc4ccccc4)C[C@H]2CN(C(=O)c2sccc2C)C3)n[nH]1. The molecule has 0 unspecified atom stereocenters. The Hall–Kier alpha value is -2.51. The number of fused-ring (bicyclic) bond motifs is 1. The maximum atomic E-state index is 13.2. The standard InChI is InChI=1S/C22H25N5OS/c1-15-8-9-29-19(15)20(28)27-12-18-11-26(10-17-6-4-3-5-7-17)13-22(18,14-27)21-23-16(2)24-25-21/h3-9,18H,10-14H2,1-2H3,(H,23,24,25)/t18-,22-/m0/s1. The summed E-state index contributed by atoms with van der Waals surface area (Å²) >= 11 is 1.53. The zero-order valence-corrected chi connectivity index (χ0v) is 17.6. The summed E-state index contributed by atoms with van der Waals surface area (Å²) in [6.45, 7) is 8.13. The maximum Gasteiger partial charge on any atom is 0.264 e. The lowest BCUT2D eigenvalue weighted by Crippen LogP contribution is -2.40. The second kappa shape index (κ2) is 7.07. The highest BCUT2D eigenvalue weighted by molar-refractivity contribution is 7.12. The molecular weight excluding hydrogens is 382 g/mol. The highest BCUT2D eigenvalue weighted by atomic mass is 32.1. The van der Waals surface area contributed by atoms with E-state index in [0.717, 1.165) is 48.3 Å². The molecule has 29 heavy (non-hydrogen) atoms. The third-order valence-corrected chi connectivity index (χ3v) is 7.32. The van der Waals surface area contributed by atoms with Gasteiger partial charge in [-0.3, -0.25) is 14.8 Å². The van der Waals surface area contributed by atoms with Crippen molar-refractivity contribution in [3.63, 3.8) is 0 Å². The summed E-state index contributed by atoms with van der Waals surface area (Å²) < 4.78 is 0. The van der Waals surface area contributed by atoms with Crippen molar-refractivity contribution in [2.75, 3.05) is 26.2 Å². The molecule has 0 bridgehead atoms. The number of H-pyrrole nitrogens is 1. The summed E-state index contributed by atoms with van der Waals surface area (Å²) in [5.41, 5.74) is 2.17. The highest BCUT2D eigenvalue weighted by Crippen LogP contribution is 2.44. The Morgan fingerprint density at radius 3 is 2.72 bits per heavy atom. The molecule has 150 valence electrons. The normalized spacial score (nSPS) is 24.2. The molecule has 4 heterocycles. The van der Waals surface area contributed by atoms with Crippen LogP contribution in [0.3, 0.4) is 0 Å². The molecule has 2 atom stereocenters. The number of aryl methyl sites for hydroxylation is 2. The van der Waals surface area contributed by atoms with Gasteiger partial charge in [-0.15, -0.1) is 11.3 Å². The number of hydrogen-bond donors (Lipinski definition) is 1. The molecule has 2 aliphatic heterocycles. The van der Waals surface area contributed by atoms with E-state index in [4.69, 9.17) is 4.98 Å². The lowest BCUT2D eigenvalue weighted by atomic mass is 9.80. The van der Waals surface area contributed by atoms with Gasteiger partial charge in [0.1, 0.15) is 5.82 Å². The van der Waals surface area contributed by atoms with Crippen molar-refractivity contribution in [3.05, 3.63) is 69.4 Å². The van der Waals surface area contributed by atoms with Crippen LogP contribution in [0, 0.1) is 19.8 Å². The molecule has 2 fully saturated rings. The second-order valence-corrected chi connectivity index (χ2v) is 9.29. The van der Waals surface area contributed by atoms with Crippen LogP contribution in [0.2, 0.25) is 0 Å². The van der Waals surface area contributed by atoms with E-state index in [1.807, 2.05) is 30.2 Å². The van der Waals surface area contributed by atoms with Gasteiger partial charge in [-0.2, -0.15) is 5.10 Å². The number of amides is 1. The summed E-state index contributed by atoms with van der Waals surface area (Å²) in [7, 11) is 0. The lowest BCUT2D eigenvalue weighted by molar-refractivity contribution is 0.0773. The third-order valence-electron chi connectivity index (χ3n) is 6.31. The number of carbonyl (C=O) groups is 1. The van der Waals surface area contributed by atoms with E-state index in [1.165, 1.54) is 16.9 Å². The Labute approximate surface area is 174 Å². The number of thiophene rings is 1. The molecule has 2 aliphatic rings. The van der Waals surface area contributed by atoms with Gasteiger partial charge in [0.05, 0.1) is 10.3 Å². The molecule has 6 nitrogen and oxygen atoms in total. The molecule has 2 aromatic heterocycles. The average molecular weight is 408 g/mol. The average Bonchev–Trinajstić information content (AvgIpc) is 3.45. The molecule has 1 amide bonds. The van der Waals surface area contributed by atoms with Gasteiger partial charge < -0.3 is 4.90 Å².